The fourth-order valence-electron chi connectivity index (χ4n) is 3.12. The summed E-state index contributed by atoms with van der Waals surface area (Å²) in [7, 11) is 0. The number of anilines is 1. The number of aryl methyl sites for hydroxylation is 3. The molecule has 7 nitrogen and oxygen atoms in total. The van der Waals surface area contributed by atoms with Crippen molar-refractivity contribution >= 4 is 34.5 Å². The number of carbonyl (C=O) groups excluding carboxylic acids is 1. The molecule has 0 aliphatic rings. The van der Waals surface area contributed by atoms with Gasteiger partial charge in [-0.1, -0.05) is 29.8 Å². The van der Waals surface area contributed by atoms with E-state index in [2.05, 4.69) is 15.3 Å². The zero-order valence-electron chi connectivity index (χ0n) is 16.0. The summed E-state index contributed by atoms with van der Waals surface area (Å²) in [6, 6.07) is 7.82. The van der Waals surface area contributed by atoms with Crippen molar-refractivity contribution in [3.05, 3.63) is 52.4 Å². The summed E-state index contributed by atoms with van der Waals surface area (Å²) < 4.78 is 7.24. The molecular weight excluding hydrogens is 378 g/mol. The number of nitrogen functional groups attached to an aromatic ring is 1. The molecule has 148 valence electrons. The van der Waals surface area contributed by atoms with Crippen molar-refractivity contribution < 1.29 is 9.53 Å². The summed E-state index contributed by atoms with van der Waals surface area (Å²) in [4.78, 5) is 20.2. The van der Waals surface area contributed by atoms with Crippen molar-refractivity contribution in [2.24, 2.45) is 0 Å². The third kappa shape index (κ3) is 4.72. The van der Waals surface area contributed by atoms with Crippen LogP contribution in [0.3, 0.4) is 0 Å². The lowest BCUT2D eigenvalue weighted by Crippen LogP contribution is -2.25. The number of carbonyl (C=O) groups is 1. The molecule has 1 aromatic carbocycles. The smallest absolute Gasteiger partial charge is 0.407 e. The molecule has 0 saturated carbocycles. The molecule has 2 heterocycles. The van der Waals surface area contributed by atoms with Crippen LogP contribution in [0.4, 0.5) is 10.6 Å². The van der Waals surface area contributed by atoms with Crippen LogP contribution in [0, 0.1) is 13.8 Å². The molecule has 3 rings (SSSR count). The molecular formula is C20H24ClN5O2. The van der Waals surface area contributed by atoms with Gasteiger partial charge in [0, 0.05) is 19.2 Å². The molecule has 3 aromatic rings. The first-order valence-electron chi connectivity index (χ1n) is 9.18. The van der Waals surface area contributed by atoms with E-state index < -0.39 is 6.09 Å². The Morgan fingerprint density at radius 2 is 2.04 bits per heavy atom. The van der Waals surface area contributed by atoms with Gasteiger partial charge >= 0.3 is 6.09 Å². The van der Waals surface area contributed by atoms with E-state index in [1.807, 2.05) is 36.6 Å². The largest absolute Gasteiger partial charge is 0.450 e. The fourth-order valence-corrected chi connectivity index (χ4v) is 3.31. The molecule has 8 heteroatoms. The van der Waals surface area contributed by atoms with Crippen molar-refractivity contribution in [2.45, 2.75) is 39.8 Å². The lowest BCUT2D eigenvalue weighted by molar-refractivity contribution is 0.143. The number of pyridine rings is 1. The lowest BCUT2D eigenvalue weighted by Gasteiger charge is -2.11. The van der Waals surface area contributed by atoms with E-state index in [-0.39, 0.29) is 0 Å². The lowest BCUT2D eigenvalue weighted by atomic mass is 10.0. The Hall–Kier alpha value is -2.80. The van der Waals surface area contributed by atoms with E-state index in [0.717, 1.165) is 41.6 Å². The summed E-state index contributed by atoms with van der Waals surface area (Å²) in [6.07, 6.45) is 2.89. The molecule has 3 N–H and O–H groups in total. The Morgan fingerprint density at radius 3 is 2.79 bits per heavy atom. The minimum Gasteiger partial charge on any atom is -0.450 e. The monoisotopic (exact) mass is 401 g/mol. The van der Waals surface area contributed by atoms with E-state index in [9.17, 15) is 4.79 Å². The van der Waals surface area contributed by atoms with E-state index >= 15 is 0 Å². The quantitative estimate of drug-likeness (QED) is 0.461. The number of ether oxygens (including phenoxy) is 1. The van der Waals surface area contributed by atoms with Crippen LogP contribution in [-0.4, -0.2) is 27.2 Å². The SMILES string of the molecule is Cc1cccc(C)c1CNC(=O)OCCCCn1cnc2c(N)nc(Cl)cc21. The molecule has 0 unspecified atom stereocenters. The van der Waals surface area contributed by atoms with Gasteiger partial charge in [-0.3, -0.25) is 0 Å². The Labute approximate surface area is 168 Å². The average molecular weight is 402 g/mol. The molecule has 28 heavy (non-hydrogen) atoms. The van der Waals surface area contributed by atoms with Crippen LogP contribution in [0.25, 0.3) is 11.0 Å². The zero-order chi connectivity index (χ0) is 20.1. The van der Waals surface area contributed by atoms with Crippen molar-refractivity contribution in [1.82, 2.24) is 19.9 Å². The molecule has 0 radical (unpaired) electrons. The number of hydrogen-bond acceptors (Lipinski definition) is 5. The summed E-state index contributed by atoms with van der Waals surface area (Å²) in [6.45, 7) is 5.62. The van der Waals surface area contributed by atoms with Gasteiger partial charge in [0.15, 0.2) is 5.82 Å². The Bertz CT molecular complexity index is 966. The van der Waals surface area contributed by atoms with Crippen molar-refractivity contribution in [3.63, 3.8) is 0 Å². The van der Waals surface area contributed by atoms with Crippen LogP contribution in [0.1, 0.15) is 29.5 Å². The highest BCUT2D eigenvalue weighted by Crippen LogP contribution is 2.21. The molecule has 0 bridgehead atoms. The molecule has 0 fully saturated rings. The topological polar surface area (TPSA) is 95.1 Å². The first-order valence-corrected chi connectivity index (χ1v) is 9.56. The van der Waals surface area contributed by atoms with Gasteiger partial charge < -0.3 is 20.4 Å². The van der Waals surface area contributed by atoms with Gasteiger partial charge in [-0.25, -0.2) is 14.8 Å². The van der Waals surface area contributed by atoms with Gasteiger partial charge in [0.2, 0.25) is 0 Å². The van der Waals surface area contributed by atoms with Crippen LogP contribution in [0.15, 0.2) is 30.6 Å². The number of alkyl carbamates (subject to hydrolysis) is 1. The van der Waals surface area contributed by atoms with E-state index in [4.69, 9.17) is 22.1 Å². The number of unbranched alkanes of at least 4 members (excludes halogenated alkanes) is 1. The average Bonchev–Trinajstić information content (AvgIpc) is 3.04. The molecule has 0 saturated heterocycles. The summed E-state index contributed by atoms with van der Waals surface area (Å²) in [5, 5.41) is 3.15. The third-order valence-electron chi connectivity index (χ3n) is 4.68. The highest BCUT2D eigenvalue weighted by Gasteiger charge is 2.09. The number of nitrogens with two attached hydrogens (primary N) is 1. The van der Waals surface area contributed by atoms with Crippen LogP contribution in [-0.2, 0) is 17.8 Å². The van der Waals surface area contributed by atoms with Crippen LogP contribution >= 0.6 is 11.6 Å². The van der Waals surface area contributed by atoms with Gasteiger partial charge in [0.05, 0.1) is 18.5 Å². The van der Waals surface area contributed by atoms with Crippen molar-refractivity contribution in [2.75, 3.05) is 12.3 Å². The van der Waals surface area contributed by atoms with E-state index in [0.29, 0.717) is 29.6 Å². The Balaban J connectivity index is 1.41. The predicted molar refractivity (Wildman–Crippen MR) is 110 cm³/mol. The second-order valence-corrected chi connectivity index (χ2v) is 7.09. The molecule has 0 aliphatic carbocycles. The minimum absolute atomic E-state index is 0.324. The second kappa shape index (κ2) is 8.93. The summed E-state index contributed by atoms with van der Waals surface area (Å²) >= 11 is 5.97. The maximum atomic E-state index is 11.9. The second-order valence-electron chi connectivity index (χ2n) is 6.70. The van der Waals surface area contributed by atoms with Gasteiger partial charge in [-0.05, 0) is 43.4 Å². The van der Waals surface area contributed by atoms with Gasteiger partial charge in [-0.15, -0.1) is 0 Å². The van der Waals surface area contributed by atoms with Gasteiger partial charge in [0.25, 0.3) is 0 Å². The highest BCUT2D eigenvalue weighted by atomic mass is 35.5. The minimum atomic E-state index is -0.402. The number of amides is 1. The number of fused-ring (bicyclic) bond motifs is 1. The van der Waals surface area contributed by atoms with Crippen molar-refractivity contribution in [1.29, 1.82) is 0 Å². The zero-order valence-corrected chi connectivity index (χ0v) is 16.8. The molecule has 1 amide bonds. The number of benzene rings is 1. The molecule has 0 atom stereocenters. The normalized spacial score (nSPS) is 11.0. The number of nitrogens with one attached hydrogen (secondary N) is 1. The number of nitrogens with zero attached hydrogens (tertiary/aromatic N) is 3. The van der Waals surface area contributed by atoms with Crippen molar-refractivity contribution in [3.8, 4) is 0 Å². The van der Waals surface area contributed by atoms with Crippen LogP contribution in [0.5, 0.6) is 0 Å². The molecule has 2 aromatic heterocycles. The third-order valence-corrected chi connectivity index (χ3v) is 4.88. The first kappa shape index (κ1) is 19.9. The number of rotatable bonds is 7. The van der Waals surface area contributed by atoms with Gasteiger partial charge in [-0.2, -0.15) is 0 Å². The fraction of sp³-hybridized carbons (Fsp3) is 0.350. The summed E-state index contributed by atoms with van der Waals surface area (Å²) in [5.41, 5.74) is 10.8. The van der Waals surface area contributed by atoms with Crippen LogP contribution < -0.4 is 11.1 Å². The molecule has 0 aliphatic heterocycles. The predicted octanol–water partition coefficient (Wildman–Crippen LogP) is 3.99. The number of aromatic nitrogens is 3. The van der Waals surface area contributed by atoms with E-state index in [1.54, 1.807) is 12.4 Å². The maximum Gasteiger partial charge on any atom is 0.407 e. The maximum absolute atomic E-state index is 11.9. The Morgan fingerprint density at radius 1 is 1.29 bits per heavy atom. The highest BCUT2D eigenvalue weighted by molar-refractivity contribution is 6.30. The standard InChI is InChI=1S/C20H24ClN5O2/c1-13-6-5-7-14(2)15(13)11-23-20(27)28-9-4-3-8-26-12-24-18-16(26)10-17(21)25-19(18)22/h5-7,10,12H,3-4,8-9,11H2,1-2H3,(H2,22,25)(H,23,27). The summed E-state index contributed by atoms with van der Waals surface area (Å²) in [5.74, 6) is 0.324. The number of imidazole rings is 1. The van der Waals surface area contributed by atoms with Gasteiger partial charge in [0.1, 0.15) is 10.7 Å². The Kier molecular flexibility index (Phi) is 6.36. The first-order chi connectivity index (χ1) is 13.5. The van der Waals surface area contributed by atoms with Crippen LogP contribution in [0.2, 0.25) is 5.15 Å². The number of hydrogen-bond donors (Lipinski definition) is 2. The molecule has 0 spiro atoms. The van der Waals surface area contributed by atoms with E-state index in [1.165, 1.54) is 0 Å². The number of halogens is 1.